The van der Waals surface area contributed by atoms with Crippen molar-refractivity contribution in [3.05, 3.63) is 63.2 Å². The van der Waals surface area contributed by atoms with Gasteiger partial charge in [-0.1, -0.05) is 17.7 Å². The normalized spacial score (nSPS) is 12.5. The standard InChI is InChI=1S/C16H14Cl2N2O5S/c1-10-8-12(6-7-15(10)17)19(11(2)16(18)21)26(24,25)14-5-3-4-13(9-14)20(22)23/h3-9,11H,1-2H3. The Bertz CT molecular complexity index is 978. The van der Waals surface area contributed by atoms with Gasteiger partial charge in [-0.05, 0) is 55.3 Å². The first kappa shape index (κ1) is 20.2. The van der Waals surface area contributed by atoms with Gasteiger partial charge in [0.1, 0.15) is 6.04 Å². The number of nitrogens with zero attached hydrogens (tertiary/aromatic N) is 2. The lowest BCUT2D eigenvalue weighted by atomic mass is 10.2. The molecule has 2 aromatic carbocycles. The number of halogens is 2. The van der Waals surface area contributed by atoms with E-state index < -0.39 is 26.2 Å². The molecule has 26 heavy (non-hydrogen) atoms. The second-order valence-electron chi connectivity index (χ2n) is 5.47. The van der Waals surface area contributed by atoms with Crippen LogP contribution in [0.15, 0.2) is 47.4 Å². The lowest BCUT2D eigenvalue weighted by Gasteiger charge is -2.28. The van der Waals surface area contributed by atoms with Gasteiger partial charge in [-0.25, -0.2) is 8.42 Å². The minimum absolute atomic E-state index is 0.167. The van der Waals surface area contributed by atoms with Gasteiger partial charge in [-0.3, -0.25) is 19.2 Å². The van der Waals surface area contributed by atoms with E-state index in [1.807, 2.05) is 0 Å². The average Bonchev–Trinajstić information content (AvgIpc) is 2.58. The van der Waals surface area contributed by atoms with Crippen molar-refractivity contribution in [1.29, 1.82) is 0 Å². The van der Waals surface area contributed by atoms with Crippen LogP contribution in [0.3, 0.4) is 0 Å². The predicted molar refractivity (Wildman–Crippen MR) is 99.3 cm³/mol. The van der Waals surface area contributed by atoms with E-state index in [4.69, 9.17) is 23.2 Å². The topological polar surface area (TPSA) is 97.6 Å². The minimum atomic E-state index is -4.30. The maximum Gasteiger partial charge on any atom is 0.270 e. The van der Waals surface area contributed by atoms with Crippen LogP contribution in [0, 0.1) is 17.0 Å². The number of hydrogen-bond donors (Lipinski definition) is 0. The zero-order valence-corrected chi connectivity index (χ0v) is 16.0. The van der Waals surface area contributed by atoms with Crippen LogP contribution in [-0.2, 0) is 14.8 Å². The van der Waals surface area contributed by atoms with Gasteiger partial charge in [-0.2, -0.15) is 0 Å². The second-order valence-corrected chi connectivity index (χ2v) is 8.06. The molecule has 0 amide bonds. The Morgan fingerprint density at radius 3 is 2.42 bits per heavy atom. The van der Waals surface area contributed by atoms with Gasteiger partial charge in [0.25, 0.3) is 15.7 Å². The number of aryl methyl sites for hydroxylation is 1. The predicted octanol–water partition coefficient (Wildman–Crippen LogP) is 3.91. The SMILES string of the molecule is Cc1cc(N(C(C)C(=O)Cl)S(=O)(=O)c2cccc([N+](=O)[O-])c2)ccc1Cl. The highest BCUT2D eigenvalue weighted by Gasteiger charge is 2.33. The first-order valence-corrected chi connectivity index (χ1v) is 9.49. The summed E-state index contributed by atoms with van der Waals surface area (Å²) in [5, 5.41) is 10.5. The molecular formula is C16H14Cl2N2O5S. The van der Waals surface area contributed by atoms with Crippen molar-refractivity contribution in [3.8, 4) is 0 Å². The third kappa shape index (κ3) is 3.98. The molecule has 10 heteroatoms. The minimum Gasteiger partial charge on any atom is -0.279 e. The molecule has 0 bridgehead atoms. The number of anilines is 1. The van der Waals surface area contributed by atoms with Gasteiger partial charge < -0.3 is 0 Å². The average molecular weight is 417 g/mol. The Kier molecular flexibility index (Phi) is 5.90. The number of nitro benzene ring substituents is 1. The second kappa shape index (κ2) is 7.61. The molecule has 0 heterocycles. The van der Waals surface area contributed by atoms with E-state index in [0.717, 1.165) is 10.4 Å². The number of sulfonamides is 1. The van der Waals surface area contributed by atoms with E-state index in [-0.39, 0.29) is 16.3 Å². The number of carbonyl (C=O) groups is 1. The fourth-order valence-corrected chi connectivity index (χ4v) is 4.22. The highest BCUT2D eigenvalue weighted by Crippen LogP contribution is 2.31. The Morgan fingerprint density at radius 2 is 1.88 bits per heavy atom. The molecule has 0 saturated heterocycles. The number of rotatable bonds is 6. The lowest BCUT2D eigenvalue weighted by Crippen LogP contribution is -2.42. The van der Waals surface area contributed by atoms with Crippen LogP contribution in [0.5, 0.6) is 0 Å². The molecule has 0 aliphatic heterocycles. The van der Waals surface area contributed by atoms with Crippen molar-refractivity contribution in [2.45, 2.75) is 24.8 Å². The molecule has 1 atom stereocenters. The molecule has 0 fully saturated rings. The van der Waals surface area contributed by atoms with E-state index in [9.17, 15) is 23.3 Å². The van der Waals surface area contributed by atoms with Crippen LogP contribution in [0.25, 0.3) is 0 Å². The summed E-state index contributed by atoms with van der Waals surface area (Å²) in [7, 11) is -4.30. The fraction of sp³-hybridized carbons (Fsp3) is 0.188. The monoisotopic (exact) mass is 416 g/mol. The van der Waals surface area contributed by atoms with Gasteiger partial charge in [0.15, 0.2) is 0 Å². The van der Waals surface area contributed by atoms with Crippen LogP contribution in [0.1, 0.15) is 12.5 Å². The molecule has 0 saturated carbocycles. The molecule has 1 unspecified atom stereocenters. The van der Waals surface area contributed by atoms with Crippen LogP contribution >= 0.6 is 23.2 Å². The van der Waals surface area contributed by atoms with Gasteiger partial charge in [0.05, 0.1) is 15.5 Å². The molecule has 2 rings (SSSR count). The van der Waals surface area contributed by atoms with E-state index in [0.29, 0.717) is 10.6 Å². The summed E-state index contributed by atoms with van der Waals surface area (Å²) in [6.07, 6.45) is 0. The zero-order chi connectivity index (χ0) is 19.6. The third-order valence-electron chi connectivity index (χ3n) is 3.66. The van der Waals surface area contributed by atoms with Crippen molar-refractivity contribution in [2.75, 3.05) is 4.31 Å². The number of nitro groups is 1. The summed E-state index contributed by atoms with van der Waals surface area (Å²) in [4.78, 5) is 21.6. The molecule has 0 radical (unpaired) electrons. The van der Waals surface area contributed by atoms with Crippen molar-refractivity contribution >= 4 is 49.8 Å². The van der Waals surface area contributed by atoms with Crippen LogP contribution in [0.2, 0.25) is 5.02 Å². The summed E-state index contributed by atoms with van der Waals surface area (Å²) < 4.78 is 27.0. The Morgan fingerprint density at radius 1 is 1.23 bits per heavy atom. The highest BCUT2D eigenvalue weighted by atomic mass is 35.5. The summed E-state index contributed by atoms with van der Waals surface area (Å²) in [6, 6.07) is 7.75. The largest absolute Gasteiger partial charge is 0.279 e. The number of hydrogen-bond acceptors (Lipinski definition) is 5. The zero-order valence-electron chi connectivity index (χ0n) is 13.7. The van der Waals surface area contributed by atoms with Gasteiger partial charge >= 0.3 is 0 Å². The lowest BCUT2D eigenvalue weighted by molar-refractivity contribution is -0.385. The van der Waals surface area contributed by atoms with E-state index in [1.165, 1.54) is 43.3 Å². The molecule has 0 spiro atoms. The van der Waals surface area contributed by atoms with Crippen molar-refractivity contribution in [1.82, 2.24) is 0 Å². The van der Waals surface area contributed by atoms with Crippen LogP contribution in [0.4, 0.5) is 11.4 Å². The van der Waals surface area contributed by atoms with E-state index >= 15 is 0 Å². The van der Waals surface area contributed by atoms with E-state index in [2.05, 4.69) is 0 Å². The van der Waals surface area contributed by atoms with Crippen molar-refractivity contribution in [3.63, 3.8) is 0 Å². The number of non-ortho nitro benzene ring substituents is 1. The molecular weight excluding hydrogens is 403 g/mol. The maximum absolute atomic E-state index is 13.1. The molecule has 0 aliphatic carbocycles. The van der Waals surface area contributed by atoms with Gasteiger partial charge in [-0.15, -0.1) is 0 Å². The molecule has 138 valence electrons. The number of carbonyl (C=O) groups excluding carboxylic acids is 1. The Balaban J connectivity index is 2.67. The Labute approximate surface area is 160 Å². The van der Waals surface area contributed by atoms with Crippen molar-refractivity contribution in [2.24, 2.45) is 0 Å². The number of benzene rings is 2. The highest BCUT2D eigenvalue weighted by molar-refractivity contribution is 7.93. The molecule has 0 N–H and O–H groups in total. The Hall–Kier alpha value is -2.16. The molecule has 7 nitrogen and oxygen atoms in total. The maximum atomic E-state index is 13.1. The summed E-state index contributed by atoms with van der Waals surface area (Å²) in [6.45, 7) is 3.01. The summed E-state index contributed by atoms with van der Waals surface area (Å²) in [5.74, 6) is 0. The van der Waals surface area contributed by atoms with Crippen molar-refractivity contribution < 1.29 is 18.1 Å². The third-order valence-corrected chi connectivity index (χ3v) is 6.30. The summed E-state index contributed by atoms with van der Waals surface area (Å²) in [5.41, 5.74) is 0.376. The quantitative estimate of drug-likeness (QED) is 0.403. The molecule has 2 aromatic rings. The van der Waals surface area contributed by atoms with Crippen LogP contribution < -0.4 is 4.31 Å². The first-order chi connectivity index (χ1) is 12.1. The van der Waals surface area contributed by atoms with Crippen LogP contribution in [-0.4, -0.2) is 24.6 Å². The molecule has 0 aromatic heterocycles. The smallest absolute Gasteiger partial charge is 0.270 e. The molecule has 0 aliphatic rings. The van der Waals surface area contributed by atoms with Gasteiger partial charge in [0.2, 0.25) is 5.24 Å². The van der Waals surface area contributed by atoms with Gasteiger partial charge in [0, 0.05) is 17.2 Å². The van der Waals surface area contributed by atoms with E-state index in [1.54, 1.807) is 6.92 Å². The summed E-state index contributed by atoms with van der Waals surface area (Å²) >= 11 is 11.5. The fourth-order valence-electron chi connectivity index (χ4n) is 2.30. The first-order valence-electron chi connectivity index (χ1n) is 7.30.